The highest BCUT2D eigenvalue weighted by atomic mass is 16.5. The third kappa shape index (κ3) is 6.22. The molecule has 0 atom stereocenters. The van der Waals surface area contributed by atoms with Crippen molar-refractivity contribution in [2.75, 3.05) is 33.4 Å². The summed E-state index contributed by atoms with van der Waals surface area (Å²) in [5.74, 6) is 1.80. The summed E-state index contributed by atoms with van der Waals surface area (Å²) in [6, 6.07) is 8.57. The summed E-state index contributed by atoms with van der Waals surface area (Å²) < 4.78 is 5.44. The second-order valence-corrected chi connectivity index (χ2v) is 6.43. The molecule has 1 aliphatic heterocycles. The maximum atomic E-state index is 5.44. The number of hydrogen-bond acceptors (Lipinski definition) is 2. The quantitative estimate of drug-likeness (QED) is 0.646. The van der Waals surface area contributed by atoms with Gasteiger partial charge in [0.15, 0.2) is 5.96 Å². The number of ether oxygens (including phenoxy) is 1. The second kappa shape index (κ2) is 9.56. The van der Waals surface area contributed by atoms with Crippen LogP contribution in [0.1, 0.15) is 37.3 Å². The molecule has 1 aromatic rings. The summed E-state index contributed by atoms with van der Waals surface area (Å²) >= 11 is 0. The van der Waals surface area contributed by atoms with Crippen molar-refractivity contribution < 1.29 is 4.74 Å². The molecule has 0 aromatic heterocycles. The number of aliphatic imine (C=N–C) groups is 1. The third-order valence-electron chi connectivity index (χ3n) is 4.40. The third-order valence-corrected chi connectivity index (χ3v) is 4.40. The molecule has 128 valence electrons. The van der Waals surface area contributed by atoms with E-state index < -0.39 is 0 Å². The van der Waals surface area contributed by atoms with Crippen LogP contribution in [0.4, 0.5) is 0 Å². The van der Waals surface area contributed by atoms with Gasteiger partial charge in [-0.2, -0.15) is 0 Å². The average Bonchev–Trinajstić information content (AvgIpc) is 2.57. The molecule has 1 aliphatic rings. The molecule has 0 bridgehead atoms. The van der Waals surface area contributed by atoms with Gasteiger partial charge in [-0.05, 0) is 44.6 Å². The van der Waals surface area contributed by atoms with Gasteiger partial charge in [-0.3, -0.25) is 0 Å². The molecule has 1 N–H and O–H groups in total. The van der Waals surface area contributed by atoms with E-state index in [1.165, 1.54) is 30.4 Å². The zero-order chi connectivity index (χ0) is 16.5. The van der Waals surface area contributed by atoms with E-state index in [4.69, 9.17) is 9.73 Å². The molecule has 0 radical (unpaired) electrons. The van der Waals surface area contributed by atoms with Crippen molar-refractivity contribution in [1.82, 2.24) is 10.2 Å². The fraction of sp³-hybridized carbons (Fsp3) is 0.632. The van der Waals surface area contributed by atoms with Gasteiger partial charge in [-0.15, -0.1) is 0 Å². The van der Waals surface area contributed by atoms with Crippen molar-refractivity contribution in [3.63, 3.8) is 0 Å². The molecule has 0 amide bonds. The highest BCUT2D eigenvalue weighted by molar-refractivity contribution is 5.79. The van der Waals surface area contributed by atoms with Crippen LogP contribution in [0, 0.1) is 12.8 Å². The van der Waals surface area contributed by atoms with E-state index >= 15 is 0 Å². The Bertz CT molecular complexity index is 495. The molecule has 1 aromatic carbocycles. The first-order valence-electron chi connectivity index (χ1n) is 8.81. The lowest BCUT2D eigenvalue weighted by Gasteiger charge is -2.26. The van der Waals surface area contributed by atoms with Crippen LogP contribution in [0.15, 0.2) is 29.3 Å². The smallest absolute Gasteiger partial charge is 0.193 e. The number of hydrogen-bond donors (Lipinski definition) is 1. The summed E-state index contributed by atoms with van der Waals surface area (Å²) in [5, 5.41) is 3.41. The molecule has 0 saturated carbocycles. The van der Waals surface area contributed by atoms with E-state index in [9.17, 15) is 0 Å². The number of aryl methyl sites for hydroxylation is 1. The highest BCUT2D eigenvalue weighted by Gasteiger charge is 2.15. The molecule has 1 fully saturated rings. The molecule has 4 heteroatoms. The predicted molar refractivity (Wildman–Crippen MR) is 96.8 cm³/mol. The molecule has 1 heterocycles. The molecular formula is C19H31N3O. The number of guanidine groups is 1. The highest BCUT2D eigenvalue weighted by Crippen LogP contribution is 2.18. The first-order chi connectivity index (χ1) is 11.2. The van der Waals surface area contributed by atoms with E-state index in [0.717, 1.165) is 44.7 Å². The summed E-state index contributed by atoms with van der Waals surface area (Å²) in [6.45, 7) is 8.77. The zero-order valence-electron chi connectivity index (χ0n) is 14.8. The van der Waals surface area contributed by atoms with Crippen LogP contribution in [-0.2, 0) is 11.3 Å². The number of nitrogens with one attached hydrogen (secondary N) is 1. The van der Waals surface area contributed by atoms with Crippen molar-refractivity contribution in [1.29, 1.82) is 0 Å². The molecule has 0 unspecified atom stereocenters. The van der Waals surface area contributed by atoms with Gasteiger partial charge in [0, 0.05) is 33.4 Å². The van der Waals surface area contributed by atoms with Gasteiger partial charge in [0.05, 0.1) is 6.54 Å². The van der Waals surface area contributed by atoms with E-state index in [-0.39, 0.29) is 0 Å². The van der Waals surface area contributed by atoms with E-state index in [1.54, 1.807) is 0 Å². The molecule has 1 saturated heterocycles. The van der Waals surface area contributed by atoms with Crippen LogP contribution in [0.25, 0.3) is 0 Å². The van der Waals surface area contributed by atoms with Crippen LogP contribution in [0.5, 0.6) is 0 Å². The second-order valence-electron chi connectivity index (χ2n) is 6.43. The Morgan fingerprint density at radius 1 is 1.35 bits per heavy atom. The van der Waals surface area contributed by atoms with Crippen molar-refractivity contribution in [3.05, 3.63) is 35.4 Å². The zero-order valence-corrected chi connectivity index (χ0v) is 14.8. The summed E-state index contributed by atoms with van der Waals surface area (Å²) in [5.41, 5.74) is 2.55. The lowest BCUT2D eigenvalue weighted by Crippen LogP contribution is -2.40. The first kappa shape index (κ1) is 17.8. The standard InChI is InChI=1S/C19H31N3O/c1-4-20-19(21-15-18-7-5-6-16(2)14-18)22(3)11-8-17-9-12-23-13-10-17/h5-7,14,17H,4,8-13,15H2,1-3H3,(H,20,21). The Labute approximate surface area is 140 Å². The predicted octanol–water partition coefficient (Wildman–Crippen LogP) is 3.21. The maximum absolute atomic E-state index is 5.44. The summed E-state index contributed by atoms with van der Waals surface area (Å²) in [7, 11) is 2.14. The fourth-order valence-electron chi connectivity index (χ4n) is 2.96. The minimum atomic E-state index is 0.728. The van der Waals surface area contributed by atoms with Gasteiger partial charge in [-0.25, -0.2) is 4.99 Å². The Kier molecular flexibility index (Phi) is 7.40. The molecule has 0 spiro atoms. The molecular weight excluding hydrogens is 286 g/mol. The van der Waals surface area contributed by atoms with E-state index in [1.807, 2.05) is 0 Å². The van der Waals surface area contributed by atoms with Gasteiger partial charge in [-0.1, -0.05) is 29.8 Å². The topological polar surface area (TPSA) is 36.9 Å². The van der Waals surface area contributed by atoms with Crippen molar-refractivity contribution in [3.8, 4) is 0 Å². The Morgan fingerprint density at radius 3 is 2.83 bits per heavy atom. The van der Waals surface area contributed by atoms with Gasteiger partial charge in [0.2, 0.25) is 0 Å². The van der Waals surface area contributed by atoms with Crippen molar-refractivity contribution >= 4 is 5.96 Å². The SMILES string of the molecule is CCNC(=NCc1cccc(C)c1)N(C)CCC1CCOCC1. The van der Waals surface area contributed by atoms with E-state index in [2.05, 4.69) is 55.4 Å². The van der Waals surface area contributed by atoms with E-state index in [0.29, 0.717) is 0 Å². The summed E-state index contributed by atoms with van der Waals surface area (Å²) in [6.07, 6.45) is 3.62. The van der Waals surface area contributed by atoms with Gasteiger partial charge < -0.3 is 15.0 Å². The van der Waals surface area contributed by atoms with Crippen LogP contribution in [-0.4, -0.2) is 44.2 Å². The molecule has 4 nitrogen and oxygen atoms in total. The van der Waals surface area contributed by atoms with Gasteiger partial charge >= 0.3 is 0 Å². The Hall–Kier alpha value is -1.55. The molecule has 2 rings (SSSR count). The normalized spacial score (nSPS) is 16.4. The Balaban J connectivity index is 1.88. The monoisotopic (exact) mass is 317 g/mol. The summed E-state index contributed by atoms with van der Waals surface area (Å²) in [4.78, 5) is 7.05. The van der Waals surface area contributed by atoms with Crippen LogP contribution in [0.3, 0.4) is 0 Å². The Morgan fingerprint density at radius 2 is 2.13 bits per heavy atom. The maximum Gasteiger partial charge on any atom is 0.193 e. The molecule has 0 aliphatic carbocycles. The largest absolute Gasteiger partial charge is 0.381 e. The lowest BCUT2D eigenvalue weighted by atomic mass is 9.96. The average molecular weight is 317 g/mol. The lowest BCUT2D eigenvalue weighted by molar-refractivity contribution is 0.0625. The van der Waals surface area contributed by atoms with Crippen molar-refractivity contribution in [2.24, 2.45) is 10.9 Å². The van der Waals surface area contributed by atoms with Crippen LogP contribution < -0.4 is 5.32 Å². The minimum absolute atomic E-state index is 0.728. The number of nitrogens with zero attached hydrogens (tertiary/aromatic N) is 2. The minimum Gasteiger partial charge on any atom is -0.381 e. The van der Waals surface area contributed by atoms with Crippen LogP contribution in [0.2, 0.25) is 0 Å². The van der Waals surface area contributed by atoms with Gasteiger partial charge in [0.25, 0.3) is 0 Å². The number of rotatable bonds is 6. The number of benzene rings is 1. The van der Waals surface area contributed by atoms with Gasteiger partial charge in [0.1, 0.15) is 0 Å². The van der Waals surface area contributed by atoms with Crippen LogP contribution >= 0.6 is 0 Å². The first-order valence-corrected chi connectivity index (χ1v) is 8.81. The fourth-order valence-corrected chi connectivity index (χ4v) is 2.96. The van der Waals surface area contributed by atoms with Crippen molar-refractivity contribution in [2.45, 2.75) is 39.7 Å². The molecule has 23 heavy (non-hydrogen) atoms.